The Labute approximate surface area is 109 Å². The molecule has 2 rings (SSSR count). The van der Waals surface area contributed by atoms with Gasteiger partial charge in [0.05, 0.1) is 5.56 Å². The molecule has 0 fully saturated rings. The molecule has 2 aromatic carbocycles. The van der Waals surface area contributed by atoms with E-state index in [2.05, 4.69) is 0 Å². The largest absolute Gasteiger partial charge is 0.416 e. The van der Waals surface area contributed by atoms with Crippen molar-refractivity contribution in [1.29, 1.82) is 0 Å². The zero-order valence-corrected chi connectivity index (χ0v) is 10.3. The van der Waals surface area contributed by atoms with Crippen molar-refractivity contribution >= 4 is 17.1 Å². The second-order valence-corrected chi connectivity index (χ2v) is 4.20. The van der Waals surface area contributed by atoms with Crippen LogP contribution in [0.15, 0.2) is 48.5 Å². The van der Waals surface area contributed by atoms with E-state index >= 15 is 0 Å². The van der Waals surface area contributed by atoms with Crippen molar-refractivity contribution in [2.24, 2.45) is 0 Å². The summed E-state index contributed by atoms with van der Waals surface area (Å²) in [6, 6.07) is 12.1. The van der Waals surface area contributed by atoms with Crippen LogP contribution in [0.2, 0.25) is 0 Å². The number of rotatable bonds is 2. The highest BCUT2D eigenvalue weighted by Gasteiger charge is 2.30. The number of alkyl halides is 3. The molecule has 5 heteroatoms. The van der Waals surface area contributed by atoms with Gasteiger partial charge in [-0.3, -0.25) is 0 Å². The minimum atomic E-state index is -4.31. The molecule has 2 N–H and O–H groups in total. The molecule has 0 aromatic heterocycles. The van der Waals surface area contributed by atoms with Gasteiger partial charge in [0, 0.05) is 24.1 Å². The van der Waals surface area contributed by atoms with E-state index in [1.54, 1.807) is 24.1 Å². The molecule has 2 aromatic rings. The van der Waals surface area contributed by atoms with E-state index < -0.39 is 11.7 Å². The number of benzene rings is 2. The van der Waals surface area contributed by atoms with E-state index in [9.17, 15) is 13.2 Å². The van der Waals surface area contributed by atoms with E-state index in [-0.39, 0.29) is 0 Å². The topological polar surface area (TPSA) is 29.3 Å². The molecule has 0 amide bonds. The number of nitrogen functional groups attached to an aromatic ring is 1. The lowest BCUT2D eigenvalue weighted by molar-refractivity contribution is -0.137. The first-order chi connectivity index (χ1) is 8.88. The number of nitrogens with zero attached hydrogens (tertiary/aromatic N) is 1. The molecule has 0 saturated carbocycles. The summed E-state index contributed by atoms with van der Waals surface area (Å²) in [5.41, 5.74) is 7.12. The van der Waals surface area contributed by atoms with Gasteiger partial charge in [0.15, 0.2) is 0 Å². The molecule has 0 spiro atoms. The van der Waals surface area contributed by atoms with Crippen LogP contribution in [0.1, 0.15) is 5.56 Å². The lowest BCUT2D eigenvalue weighted by Gasteiger charge is -2.20. The molecule has 0 aliphatic carbocycles. The monoisotopic (exact) mass is 266 g/mol. The first-order valence-electron chi connectivity index (χ1n) is 5.64. The maximum atomic E-state index is 12.5. The molecule has 0 unspecified atom stereocenters. The number of anilines is 3. The zero-order chi connectivity index (χ0) is 14.0. The molecule has 0 radical (unpaired) electrons. The number of nitrogens with two attached hydrogens (primary N) is 1. The highest BCUT2D eigenvalue weighted by molar-refractivity contribution is 5.64. The fraction of sp³-hybridized carbons (Fsp3) is 0.143. The van der Waals surface area contributed by atoms with Crippen LogP contribution >= 0.6 is 0 Å². The van der Waals surface area contributed by atoms with E-state index in [1.807, 2.05) is 12.1 Å². The van der Waals surface area contributed by atoms with Gasteiger partial charge in [-0.1, -0.05) is 0 Å². The molecule has 100 valence electrons. The second-order valence-electron chi connectivity index (χ2n) is 4.20. The van der Waals surface area contributed by atoms with E-state index in [0.29, 0.717) is 11.4 Å². The quantitative estimate of drug-likeness (QED) is 0.831. The number of hydrogen-bond donors (Lipinski definition) is 1. The van der Waals surface area contributed by atoms with Crippen LogP contribution in [-0.2, 0) is 6.18 Å². The standard InChI is InChI=1S/C14H13F3N2/c1-19(13-8-4-11(18)5-9-13)12-6-2-10(3-7-12)14(15,16)17/h2-9H,18H2,1H3. The predicted molar refractivity (Wildman–Crippen MR) is 70.4 cm³/mol. The Morgan fingerprint density at radius 1 is 0.842 bits per heavy atom. The average molecular weight is 266 g/mol. The second kappa shape index (κ2) is 4.84. The zero-order valence-electron chi connectivity index (χ0n) is 10.3. The lowest BCUT2D eigenvalue weighted by Crippen LogP contribution is -2.10. The van der Waals surface area contributed by atoms with Gasteiger partial charge in [0.2, 0.25) is 0 Å². The molecule has 19 heavy (non-hydrogen) atoms. The Morgan fingerprint density at radius 3 is 1.68 bits per heavy atom. The van der Waals surface area contributed by atoms with Gasteiger partial charge in [-0.05, 0) is 48.5 Å². The molecule has 0 bridgehead atoms. The first kappa shape index (κ1) is 13.3. The van der Waals surface area contributed by atoms with Gasteiger partial charge < -0.3 is 10.6 Å². The van der Waals surface area contributed by atoms with Gasteiger partial charge in [-0.25, -0.2) is 0 Å². The highest BCUT2D eigenvalue weighted by Crippen LogP contribution is 2.31. The van der Waals surface area contributed by atoms with Crippen LogP contribution in [-0.4, -0.2) is 7.05 Å². The Hall–Kier alpha value is -2.17. The van der Waals surface area contributed by atoms with Crippen LogP contribution in [0, 0.1) is 0 Å². The maximum absolute atomic E-state index is 12.5. The van der Waals surface area contributed by atoms with Crippen LogP contribution in [0.4, 0.5) is 30.2 Å². The van der Waals surface area contributed by atoms with Crippen molar-refractivity contribution in [3.8, 4) is 0 Å². The Balaban J connectivity index is 2.25. The SMILES string of the molecule is CN(c1ccc(N)cc1)c1ccc(C(F)(F)F)cc1. The summed E-state index contributed by atoms with van der Waals surface area (Å²) >= 11 is 0. The van der Waals surface area contributed by atoms with Crippen molar-refractivity contribution in [2.75, 3.05) is 17.7 Å². The Bertz CT molecular complexity index is 544. The molecule has 0 aliphatic rings. The number of hydrogen-bond acceptors (Lipinski definition) is 2. The normalized spacial score (nSPS) is 11.4. The van der Waals surface area contributed by atoms with Crippen molar-refractivity contribution in [3.05, 3.63) is 54.1 Å². The minimum Gasteiger partial charge on any atom is -0.399 e. The maximum Gasteiger partial charge on any atom is 0.416 e. The van der Waals surface area contributed by atoms with Crippen LogP contribution in [0.5, 0.6) is 0 Å². The van der Waals surface area contributed by atoms with Crippen LogP contribution < -0.4 is 10.6 Å². The van der Waals surface area contributed by atoms with Gasteiger partial charge in [0.25, 0.3) is 0 Å². The predicted octanol–water partition coefficient (Wildman–Crippen LogP) is 4.06. The summed E-state index contributed by atoms with van der Waals surface area (Å²) in [7, 11) is 1.79. The molecule has 0 heterocycles. The average Bonchev–Trinajstić information content (AvgIpc) is 2.38. The Morgan fingerprint density at radius 2 is 1.26 bits per heavy atom. The minimum absolute atomic E-state index is 0.643. The molecule has 0 aliphatic heterocycles. The fourth-order valence-corrected chi connectivity index (χ4v) is 1.72. The van der Waals surface area contributed by atoms with Crippen molar-refractivity contribution in [3.63, 3.8) is 0 Å². The van der Waals surface area contributed by atoms with Crippen molar-refractivity contribution in [2.45, 2.75) is 6.18 Å². The van der Waals surface area contributed by atoms with Gasteiger partial charge in [0.1, 0.15) is 0 Å². The van der Waals surface area contributed by atoms with E-state index in [0.717, 1.165) is 17.8 Å². The smallest absolute Gasteiger partial charge is 0.399 e. The Kier molecular flexibility index (Phi) is 3.38. The van der Waals surface area contributed by atoms with E-state index in [1.165, 1.54) is 12.1 Å². The van der Waals surface area contributed by atoms with Crippen molar-refractivity contribution < 1.29 is 13.2 Å². The summed E-state index contributed by atoms with van der Waals surface area (Å²) in [6.45, 7) is 0. The summed E-state index contributed by atoms with van der Waals surface area (Å²) in [5, 5.41) is 0. The fourth-order valence-electron chi connectivity index (χ4n) is 1.72. The van der Waals surface area contributed by atoms with Gasteiger partial charge in [-0.2, -0.15) is 13.2 Å². The first-order valence-corrected chi connectivity index (χ1v) is 5.64. The van der Waals surface area contributed by atoms with Gasteiger partial charge >= 0.3 is 6.18 Å². The molecular formula is C14H13F3N2. The summed E-state index contributed by atoms with van der Waals surface area (Å²) in [4.78, 5) is 1.79. The molecule has 0 saturated heterocycles. The lowest BCUT2D eigenvalue weighted by atomic mass is 10.2. The van der Waals surface area contributed by atoms with Gasteiger partial charge in [-0.15, -0.1) is 0 Å². The summed E-state index contributed by atoms with van der Waals surface area (Å²) in [5.74, 6) is 0. The van der Waals surface area contributed by atoms with E-state index in [4.69, 9.17) is 5.73 Å². The third-order valence-electron chi connectivity index (χ3n) is 2.86. The summed E-state index contributed by atoms with van der Waals surface area (Å²) < 4.78 is 37.4. The van der Waals surface area contributed by atoms with Crippen LogP contribution in [0.25, 0.3) is 0 Å². The summed E-state index contributed by atoms with van der Waals surface area (Å²) in [6.07, 6.45) is -4.31. The van der Waals surface area contributed by atoms with Crippen molar-refractivity contribution in [1.82, 2.24) is 0 Å². The third kappa shape index (κ3) is 2.99. The molecular weight excluding hydrogens is 253 g/mol. The molecule has 0 atom stereocenters. The highest BCUT2D eigenvalue weighted by atomic mass is 19.4. The number of halogens is 3. The van der Waals surface area contributed by atoms with Crippen LogP contribution in [0.3, 0.4) is 0 Å². The third-order valence-corrected chi connectivity index (χ3v) is 2.86. The molecule has 2 nitrogen and oxygen atoms in total.